The van der Waals surface area contributed by atoms with Gasteiger partial charge in [0.15, 0.2) is 34.2 Å². The Hall–Kier alpha value is -2.17. The van der Waals surface area contributed by atoms with E-state index < -0.39 is 34.7 Å². The summed E-state index contributed by atoms with van der Waals surface area (Å²) in [4.78, 5) is 68.1. The van der Waals surface area contributed by atoms with Crippen LogP contribution in [-0.4, -0.2) is 89.2 Å². The van der Waals surface area contributed by atoms with Crippen molar-refractivity contribution < 1.29 is 58.3 Å². The molecule has 0 amide bonds. The van der Waals surface area contributed by atoms with E-state index >= 15 is 0 Å². The maximum Gasteiger partial charge on any atom is 3.00 e. The fraction of sp³-hybridized carbons (Fsp3) is 0.818. The minimum Gasteiger partial charge on any atom is -0.546 e. The third kappa shape index (κ3) is 15.6. The van der Waals surface area contributed by atoms with E-state index in [0.29, 0.717) is 38.5 Å². The van der Waals surface area contributed by atoms with Crippen LogP contribution in [0.1, 0.15) is 139 Å². The van der Waals surface area contributed by atoms with E-state index in [0.717, 1.165) is 0 Å². The molecular weight excluding hydrogens is 615 g/mol. The third-order valence-corrected chi connectivity index (χ3v) is 6.92. The van der Waals surface area contributed by atoms with E-state index in [4.69, 9.17) is 14.2 Å². The van der Waals surface area contributed by atoms with Gasteiger partial charge in [-0.05, 0) is 57.8 Å². The Labute approximate surface area is 286 Å². The molecule has 0 fully saturated rings. The van der Waals surface area contributed by atoms with Gasteiger partial charge < -0.3 is 43.9 Å². The molecule has 0 rings (SSSR count). The van der Waals surface area contributed by atoms with Crippen molar-refractivity contribution in [2.75, 3.05) is 19.8 Å². The number of rotatable bonds is 24. The maximum absolute atomic E-state index is 11.7. The van der Waals surface area contributed by atoms with Crippen molar-refractivity contribution >= 4 is 52.6 Å². The molecule has 13 heteroatoms. The van der Waals surface area contributed by atoms with Crippen LogP contribution >= 0.6 is 0 Å². The average molecular weight is 673 g/mol. The molecule has 3 atom stereocenters. The molecule has 0 heterocycles. The number of carboxylic acids is 3. The molecule has 0 aromatic heterocycles. The Bertz CT molecular complexity index is 795. The van der Waals surface area contributed by atoms with Crippen LogP contribution in [0.25, 0.3) is 0 Å². The minimum atomic E-state index is -1.73. The van der Waals surface area contributed by atoms with Crippen LogP contribution in [0, 0.1) is 0 Å². The second kappa shape index (κ2) is 27.9. The molecule has 0 radical (unpaired) electrons. The van der Waals surface area contributed by atoms with E-state index in [1.54, 1.807) is 20.8 Å². The summed E-state index contributed by atoms with van der Waals surface area (Å²) in [6.45, 7) is 16.7. The number of hydrogen-bond acceptors (Lipinski definition) is 12. The Morgan fingerprint density at radius 1 is 0.413 bits per heavy atom. The molecule has 264 valence electrons. The second-order valence-corrected chi connectivity index (χ2v) is 10.5. The van der Waals surface area contributed by atoms with Crippen molar-refractivity contribution in [1.29, 1.82) is 0 Å². The van der Waals surface area contributed by atoms with Gasteiger partial charge in [0.1, 0.15) is 0 Å². The van der Waals surface area contributed by atoms with E-state index in [1.807, 2.05) is 41.5 Å². The first-order valence-electron chi connectivity index (χ1n) is 16.3. The zero-order valence-electron chi connectivity index (χ0n) is 29.6. The Morgan fingerprint density at radius 2 is 0.609 bits per heavy atom. The molecule has 46 heavy (non-hydrogen) atoms. The smallest absolute Gasteiger partial charge is 0.546 e. The van der Waals surface area contributed by atoms with E-state index in [-0.39, 0.29) is 93.1 Å². The number of carboxylic acid groups (broad SMARTS) is 3. The summed E-state index contributed by atoms with van der Waals surface area (Å²) in [5.41, 5.74) is -5.19. The van der Waals surface area contributed by atoms with Crippen molar-refractivity contribution in [2.24, 2.45) is 0 Å². The number of ketones is 3. The summed E-state index contributed by atoms with van der Waals surface area (Å²) in [5.74, 6) is -5.42. The van der Waals surface area contributed by atoms with Gasteiger partial charge in [-0.25, -0.2) is 0 Å². The van der Waals surface area contributed by atoms with Crippen LogP contribution in [0.2, 0.25) is 0 Å². The van der Waals surface area contributed by atoms with Crippen LogP contribution in [0.5, 0.6) is 0 Å². The largest absolute Gasteiger partial charge is 3.00 e. The molecular formula is C33H57AlO12. The summed E-state index contributed by atoms with van der Waals surface area (Å²) in [7, 11) is 0. The first kappa shape index (κ1) is 50.7. The Balaban J connectivity index is -0.000000285. The molecule has 0 aliphatic carbocycles. The topological polar surface area (TPSA) is 199 Å². The van der Waals surface area contributed by atoms with Crippen LogP contribution in [0.4, 0.5) is 0 Å². The Morgan fingerprint density at radius 3 is 0.717 bits per heavy atom. The molecule has 0 aromatic rings. The molecule has 0 aromatic carbocycles. The zero-order chi connectivity index (χ0) is 35.7. The number of hydrogen-bond donors (Lipinski definition) is 0. The first-order valence-corrected chi connectivity index (χ1v) is 16.3. The van der Waals surface area contributed by atoms with Crippen molar-refractivity contribution in [3.63, 3.8) is 0 Å². The molecule has 0 N–H and O–H groups in total. The fourth-order valence-electron chi connectivity index (χ4n) is 4.21. The van der Waals surface area contributed by atoms with E-state index in [1.165, 1.54) is 0 Å². The van der Waals surface area contributed by atoms with Crippen LogP contribution in [0.15, 0.2) is 0 Å². The van der Waals surface area contributed by atoms with Crippen molar-refractivity contribution in [3.8, 4) is 0 Å². The fourth-order valence-corrected chi connectivity index (χ4v) is 4.21. The van der Waals surface area contributed by atoms with Gasteiger partial charge in [-0.15, -0.1) is 0 Å². The molecule has 0 saturated carbocycles. The molecule has 0 bridgehead atoms. The second-order valence-electron chi connectivity index (χ2n) is 10.5. The van der Waals surface area contributed by atoms with Gasteiger partial charge in [0, 0.05) is 39.1 Å². The van der Waals surface area contributed by atoms with Gasteiger partial charge in [0.05, 0.1) is 17.9 Å². The summed E-state index contributed by atoms with van der Waals surface area (Å²) >= 11 is 0. The maximum atomic E-state index is 11.7. The predicted molar refractivity (Wildman–Crippen MR) is 168 cm³/mol. The van der Waals surface area contributed by atoms with Gasteiger partial charge in [-0.3, -0.25) is 14.4 Å². The number of aliphatic carboxylic acids is 3. The predicted octanol–water partition coefficient (Wildman–Crippen LogP) is 1.66. The van der Waals surface area contributed by atoms with Crippen molar-refractivity contribution in [3.05, 3.63) is 0 Å². The molecule has 0 saturated heterocycles. The molecule has 12 nitrogen and oxygen atoms in total. The van der Waals surface area contributed by atoms with Crippen LogP contribution in [0.3, 0.4) is 0 Å². The SMILES string of the molecule is CCCOC(CC)(C(=O)[O-])C(=O)CCC.CCCOC(CC)(C(=O)[O-])C(=O)CCC.CCCOC(CC)(C(=O)[O-])C(=O)CCC.[Al+3]. The molecule has 0 aliphatic rings. The summed E-state index contributed by atoms with van der Waals surface area (Å²) in [5, 5.41) is 33.1. The third-order valence-electron chi connectivity index (χ3n) is 6.92. The number of carbonyl (C=O) groups is 6. The number of Topliss-reactive ketones (excluding diaryl/α,β-unsaturated/α-hetero) is 3. The van der Waals surface area contributed by atoms with Gasteiger partial charge in [-0.1, -0.05) is 62.3 Å². The van der Waals surface area contributed by atoms with Gasteiger partial charge in [0.2, 0.25) is 0 Å². The number of carbonyl (C=O) groups excluding carboxylic acids is 6. The average Bonchev–Trinajstić information content (AvgIpc) is 2.99. The standard InChI is InChI=1S/3C11H20O4.Al/c3*1-4-7-9(12)11(6-3,10(13)14)15-8-5-2;/h3*4-8H2,1-3H3,(H,13,14);/q;;;+3/p-3. The monoisotopic (exact) mass is 672 g/mol. The quantitative estimate of drug-likeness (QED) is 0.106. The Kier molecular flexibility index (Phi) is 30.7. The first-order chi connectivity index (χ1) is 21.1. The van der Waals surface area contributed by atoms with Crippen molar-refractivity contribution in [1.82, 2.24) is 0 Å². The zero-order valence-corrected chi connectivity index (χ0v) is 30.7. The van der Waals surface area contributed by atoms with Gasteiger partial charge in [0.25, 0.3) is 0 Å². The summed E-state index contributed by atoms with van der Waals surface area (Å²) in [6, 6.07) is 0. The van der Waals surface area contributed by atoms with Crippen molar-refractivity contribution in [2.45, 2.75) is 156 Å². The van der Waals surface area contributed by atoms with Crippen LogP contribution < -0.4 is 15.3 Å². The molecule has 0 spiro atoms. The normalized spacial score (nSPS) is 14.3. The molecule has 0 aliphatic heterocycles. The van der Waals surface area contributed by atoms with E-state index in [2.05, 4.69) is 0 Å². The summed E-state index contributed by atoms with van der Waals surface area (Å²) in [6.07, 6.45) is 4.87. The van der Waals surface area contributed by atoms with E-state index in [9.17, 15) is 44.1 Å². The van der Waals surface area contributed by atoms with Crippen LogP contribution in [-0.2, 0) is 43.0 Å². The number of ether oxygens (including phenoxy) is 3. The van der Waals surface area contributed by atoms with Gasteiger partial charge in [-0.2, -0.15) is 0 Å². The molecule has 3 unspecified atom stereocenters. The summed E-state index contributed by atoms with van der Waals surface area (Å²) < 4.78 is 15.6. The van der Waals surface area contributed by atoms with Gasteiger partial charge >= 0.3 is 17.4 Å². The minimum absolute atomic E-state index is 0.